The SMILES string of the molecule is COC(=O)c1cc(Br)cc(OC)c1CBr. The van der Waals surface area contributed by atoms with Gasteiger partial charge in [-0.15, -0.1) is 0 Å². The molecule has 0 unspecified atom stereocenters. The van der Waals surface area contributed by atoms with E-state index in [1.165, 1.54) is 7.11 Å². The number of rotatable bonds is 3. The van der Waals surface area contributed by atoms with Crippen LogP contribution in [0, 0.1) is 0 Å². The Bertz CT molecular complexity index is 377. The molecule has 1 aromatic carbocycles. The molecule has 0 amide bonds. The van der Waals surface area contributed by atoms with Crippen LogP contribution in [0.5, 0.6) is 5.75 Å². The largest absolute Gasteiger partial charge is 0.496 e. The number of hydrogen-bond acceptors (Lipinski definition) is 3. The van der Waals surface area contributed by atoms with Crippen molar-refractivity contribution in [3.05, 3.63) is 27.7 Å². The number of benzene rings is 1. The molecule has 0 radical (unpaired) electrons. The molecule has 0 aliphatic heterocycles. The number of hydrogen-bond donors (Lipinski definition) is 0. The Morgan fingerprint density at radius 1 is 1.40 bits per heavy atom. The highest BCUT2D eigenvalue weighted by atomic mass is 79.9. The van der Waals surface area contributed by atoms with Gasteiger partial charge < -0.3 is 9.47 Å². The van der Waals surface area contributed by atoms with Crippen molar-refractivity contribution in [2.24, 2.45) is 0 Å². The van der Waals surface area contributed by atoms with Gasteiger partial charge in [0.1, 0.15) is 5.75 Å². The van der Waals surface area contributed by atoms with Crippen LogP contribution in [0.2, 0.25) is 0 Å². The number of carbonyl (C=O) groups excluding carboxylic acids is 1. The minimum absolute atomic E-state index is 0.371. The molecule has 0 saturated carbocycles. The van der Waals surface area contributed by atoms with Crippen LogP contribution in [-0.4, -0.2) is 20.2 Å². The van der Waals surface area contributed by atoms with E-state index in [-0.39, 0.29) is 5.97 Å². The van der Waals surface area contributed by atoms with E-state index in [1.807, 2.05) is 6.07 Å². The number of carbonyl (C=O) groups is 1. The highest BCUT2D eigenvalue weighted by Gasteiger charge is 2.16. The molecule has 0 spiro atoms. The van der Waals surface area contributed by atoms with E-state index in [0.717, 1.165) is 10.0 Å². The molecule has 1 rings (SSSR count). The molecule has 5 heteroatoms. The van der Waals surface area contributed by atoms with Gasteiger partial charge >= 0.3 is 5.97 Å². The van der Waals surface area contributed by atoms with Gasteiger partial charge in [0.05, 0.1) is 19.8 Å². The van der Waals surface area contributed by atoms with E-state index in [1.54, 1.807) is 13.2 Å². The number of alkyl halides is 1. The van der Waals surface area contributed by atoms with Gasteiger partial charge in [-0.2, -0.15) is 0 Å². The Balaban J connectivity index is 3.35. The summed E-state index contributed by atoms with van der Waals surface area (Å²) in [5.74, 6) is 0.283. The second-order valence-electron chi connectivity index (χ2n) is 2.76. The van der Waals surface area contributed by atoms with Crippen molar-refractivity contribution in [3.63, 3.8) is 0 Å². The molecular weight excluding hydrogens is 328 g/mol. The summed E-state index contributed by atoms with van der Waals surface area (Å²) >= 11 is 6.63. The van der Waals surface area contributed by atoms with Crippen molar-refractivity contribution in [2.45, 2.75) is 5.33 Å². The Labute approximate surface area is 105 Å². The molecule has 0 aromatic heterocycles. The number of esters is 1. The van der Waals surface area contributed by atoms with Gasteiger partial charge in [-0.05, 0) is 12.1 Å². The fraction of sp³-hybridized carbons (Fsp3) is 0.300. The highest BCUT2D eigenvalue weighted by Crippen LogP contribution is 2.29. The maximum absolute atomic E-state index is 11.5. The van der Waals surface area contributed by atoms with Gasteiger partial charge in [-0.1, -0.05) is 31.9 Å². The van der Waals surface area contributed by atoms with Gasteiger partial charge in [-0.25, -0.2) is 4.79 Å². The summed E-state index contributed by atoms with van der Waals surface area (Å²) in [7, 11) is 2.92. The van der Waals surface area contributed by atoms with E-state index in [2.05, 4.69) is 31.9 Å². The summed E-state index contributed by atoms with van der Waals surface area (Å²) in [5, 5.41) is 0.536. The third-order valence-electron chi connectivity index (χ3n) is 1.93. The van der Waals surface area contributed by atoms with Crippen molar-refractivity contribution < 1.29 is 14.3 Å². The molecule has 0 aliphatic carbocycles. The molecular formula is C10H10Br2O3. The van der Waals surface area contributed by atoms with Crippen LogP contribution >= 0.6 is 31.9 Å². The van der Waals surface area contributed by atoms with Crippen LogP contribution in [0.15, 0.2) is 16.6 Å². The fourth-order valence-electron chi connectivity index (χ4n) is 1.22. The van der Waals surface area contributed by atoms with Gasteiger partial charge in [0.15, 0.2) is 0 Å². The first kappa shape index (κ1) is 12.5. The van der Waals surface area contributed by atoms with Crippen molar-refractivity contribution in [1.82, 2.24) is 0 Å². The summed E-state index contributed by atoms with van der Waals surface area (Å²) in [6, 6.07) is 3.52. The molecule has 0 fully saturated rings. The maximum Gasteiger partial charge on any atom is 0.338 e. The van der Waals surface area contributed by atoms with Gasteiger partial charge in [-0.3, -0.25) is 0 Å². The lowest BCUT2D eigenvalue weighted by Crippen LogP contribution is -2.06. The van der Waals surface area contributed by atoms with Crippen molar-refractivity contribution in [3.8, 4) is 5.75 Å². The van der Waals surface area contributed by atoms with Crippen LogP contribution < -0.4 is 4.74 Å². The third-order valence-corrected chi connectivity index (χ3v) is 2.95. The zero-order valence-electron chi connectivity index (χ0n) is 8.34. The van der Waals surface area contributed by atoms with E-state index >= 15 is 0 Å². The summed E-state index contributed by atoms with van der Waals surface area (Å²) < 4.78 is 10.7. The Morgan fingerprint density at radius 2 is 2.07 bits per heavy atom. The highest BCUT2D eigenvalue weighted by molar-refractivity contribution is 9.10. The average molecular weight is 338 g/mol. The number of halogens is 2. The van der Waals surface area contributed by atoms with Crippen LogP contribution in [0.3, 0.4) is 0 Å². The zero-order valence-corrected chi connectivity index (χ0v) is 11.5. The van der Waals surface area contributed by atoms with Crippen LogP contribution in [0.1, 0.15) is 15.9 Å². The number of ether oxygens (including phenoxy) is 2. The second-order valence-corrected chi connectivity index (χ2v) is 4.24. The quantitative estimate of drug-likeness (QED) is 0.628. The Morgan fingerprint density at radius 3 is 2.53 bits per heavy atom. The van der Waals surface area contributed by atoms with Crippen molar-refractivity contribution in [2.75, 3.05) is 14.2 Å². The predicted octanol–water partition coefficient (Wildman–Crippen LogP) is 3.14. The van der Waals surface area contributed by atoms with E-state index in [4.69, 9.17) is 9.47 Å². The van der Waals surface area contributed by atoms with Gasteiger partial charge in [0.2, 0.25) is 0 Å². The molecule has 1 aromatic rings. The zero-order chi connectivity index (χ0) is 11.4. The summed E-state index contributed by atoms with van der Waals surface area (Å²) in [5.41, 5.74) is 1.29. The molecule has 0 heterocycles. The Hall–Kier alpha value is -0.550. The molecule has 0 atom stereocenters. The first-order valence-corrected chi connectivity index (χ1v) is 6.06. The van der Waals surface area contributed by atoms with Gasteiger partial charge in [0.25, 0.3) is 0 Å². The average Bonchev–Trinajstić information content (AvgIpc) is 2.26. The molecule has 0 aliphatic rings. The monoisotopic (exact) mass is 336 g/mol. The topological polar surface area (TPSA) is 35.5 Å². The predicted molar refractivity (Wildman–Crippen MR) is 64.7 cm³/mol. The van der Waals surface area contributed by atoms with E-state index < -0.39 is 0 Å². The van der Waals surface area contributed by atoms with Gasteiger partial charge in [0, 0.05) is 15.4 Å². The lowest BCUT2D eigenvalue weighted by atomic mass is 10.1. The van der Waals surface area contributed by atoms with Crippen LogP contribution in [0.4, 0.5) is 0 Å². The maximum atomic E-state index is 11.5. The lowest BCUT2D eigenvalue weighted by molar-refractivity contribution is 0.0599. The fourth-order valence-corrected chi connectivity index (χ4v) is 2.24. The van der Waals surface area contributed by atoms with E-state index in [9.17, 15) is 4.79 Å². The second kappa shape index (κ2) is 5.51. The van der Waals surface area contributed by atoms with Crippen LogP contribution in [0.25, 0.3) is 0 Å². The van der Waals surface area contributed by atoms with Crippen molar-refractivity contribution in [1.29, 1.82) is 0 Å². The van der Waals surface area contributed by atoms with Crippen LogP contribution in [-0.2, 0) is 10.1 Å². The first-order valence-electron chi connectivity index (χ1n) is 4.14. The lowest BCUT2D eigenvalue weighted by Gasteiger charge is -2.11. The smallest absolute Gasteiger partial charge is 0.338 e. The molecule has 82 valence electrons. The standard InChI is InChI=1S/C10H10Br2O3/c1-14-9-4-6(12)3-7(8(9)5-11)10(13)15-2/h3-4H,5H2,1-2H3. The molecule has 3 nitrogen and oxygen atoms in total. The Kier molecular flexibility index (Phi) is 4.60. The minimum Gasteiger partial charge on any atom is -0.496 e. The molecule has 0 bridgehead atoms. The molecule has 0 N–H and O–H groups in total. The third kappa shape index (κ3) is 2.72. The normalized spacial score (nSPS) is 9.87. The molecule has 15 heavy (non-hydrogen) atoms. The minimum atomic E-state index is -0.371. The first-order chi connectivity index (χ1) is 7.13. The summed E-state index contributed by atoms with van der Waals surface area (Å²) in [6.45, 7) is 0. The van der Waals surface area contributed by atoms with Crippen molar-refractivity contribution >= 4 is 37.8 Å². The van der Waals surface area contributed by atoms with E-state index in [0.29, 0.717) is 16.6 Å². The molecule has 0 saturated heterocycles. The number of methoxy groups -OCH3 is 2. The summed E-state index contributed by atoms with van der Waals surface area (Å²) in [4.78, 5) is 11.5. The summed E-state index contributed by atoms with van der Waals surface area (Å²) in [6.07, 6.45) is 0.